The number of ether oxygens (including phenoxy) is 1. The van der Waals surface area contributed by atoms with Crippen LogP contribution in [-0.4, -0.2) is 52.0 Å². The van der Waals surface area contributed by atoms with Crippen molar-refractivity contribution in [1.82, 2.24) is 19.9 Å². The molecule has 1 fully saturated rings. The summed E-state index contributed by atoms with van der Waals surface area (Å²) in [7, 11) is 1.39. The number of piperidine rings is 1. The number of aryl methyl sites for hydroxylation is 1. The fourth-order valence-electron chi connectivity index (χ4n) is 2.93. The lowest BCUT2D eigenvalue weighted by atomic mass is 9.97. The van der Waals surface area contributed by atoms with Crippen molar-refractivity contribution in [3.63, 3.8) is 0 Å². The number of esters is 1. The second kappa shape index (κ2) is 7.23. The smallest absolute Gasteiger partial charge is 0.308 e. The number of nitrogens with zero attached hydrogens (tertiary/aromatic N) is 4. The first kappa shape index (κ1) is 17.4. The molecular formula is C17H19ClN4O3. The Morgan fingerprint density at radius 1 is 1.24 bits per heavy atom. The molecule has 1 saturated heterocycles. The zero-order chi connectivity index (χ0) is 18.0. The average Bonchev–Trinajstić information content (AvgIpc) is 3.02. The normalized spacial score (nSPS) is 15.2. The first-order chi connectivity index (χ1) is 12.0. The standard InChI is InChI=1S/C17H19ClN4O3/c1-11-15(20-22(19-11)14-5-3-4-13(18)10-14)16(23)21-8-6-12(7-9-21)17(24)25-2/h3-5,10,12H,6-9H2,1-2H3. The molecule has 0 atom stereocenters. The maximum atomic E-state index is 12.7. The van der Waals surface area contributed by atoms with E-state index in [9.17, 15) is 9.59 Å². The molecule has 25 heavy (non-hydrogen) atoms. The van der Waals surface area contributed by atoms with Crippen LogP contribution in [0.25, 0.3) is 5.69 Å². The van der Waals surface area contributed by atoms with E-state index in [0.29, 0.717) is 48.0 Å². The monoisotopic (exact) mass is 362 g/mol. The van der Waals surface area contributed by atoms with Gasteiger partial charge in [-0.25, -0.2) is 0 Å². The highest BCUT2D eigenvalue weighted by Gasteiger charge is 2.30. The van der Waals surface area contributed by atoms with Gasteiger partial charge in [0.1, 0.15) is 0 Å². The highest BCUT2D eigenvalue weighted by Crippen LogP contribution is 2.21. The number of carbonyl (C=O) groups is 2. The van der Waals surface area contributed by atoms with Gasteiger partial charge in [-0.3, -0.25) is 9.59 Å². The van der Waals surface area contributed by atoms with Gasteiger partial charge in [-0.15, -0.1) is 5.10 Å². The van der Waals surface area contributed by atoms with E-state index in [4.69, 9.17) is 16.3 Å². The Morgan fingerprint density at radius 2 is 1.96 bits per heavy atom. The second-order valence-electron chi connectivity index (χ2n) is 5.99. The van der Waals surface area contributed by atoms with Crippen molar-refractivity contribution in [3.05, 3.63) is 40.7 Å². The highest BCUT2D eigenvalue weighted by molar-refractivity contribution is 6.30. The minimum absolute atomic E-state index is 0.141. The van der Waals surface area contributed by atoms with Crippen molar-refractivity contribution in [3.8, 4) is 5.69 Å². The van der Waals surface area contributed by atoms with Crippen LogP contribution in [0, 0.1) is 12.8 Å². The van der Waals surface area contributed by atoms with Crippen LogP contribution < -0.4 is 0 Å². The number of rotatable bonds is 3. The number of methoxy groups -OCH3 is 1. The van der Waals surface area contributed by atoms with Crippen LogP contribution in [0.2, 0.25) is 5.02 Å². The summed E-state index contributed by atoms with van der Waals surface area (Å²) < 4.78 is 4.77. The Kier molecular flexibility index (Phi) is 5.03. The Balaban J connectivity index is 1.74. The average molecular weight is 363 g/mol. The highest BCUT2D eigenvalue weighted by atomic mass is 35.5. The topological polar surface area (TPSA) is 77.3 Å². The van der Waals surface area contributed by atoms with E-state index in [1.165, 1.54) is 11.9 Å². The number of aromatic nitrogens is 3. The first-order valence-corrected chi connectivity index (χ1v) is 8.44. The number of hydrogen-bond donors (Lipinski definition) is 0. The Labute approximate surface area is 150 Å². The molecule has 1 aliphatic heterocycles. The lowest BCUT2D eigenvalue weighted by Crippen LogP contribution is -2.40. The summed E-state index contributed by atoms with van der Waals surface area (Å²) in [4.78, 5) is 27.5. The molecule has 0 unspecified atom stereocenters. The van der Waals surface area contributed by atoms with Crippen molar-refractivity contribution < 1.29 is 14.3 Å². The van der Waals surface area contributed by atoms with Gasteiger partial charge in [0.05, 0.1) is 24.4 Å². The molecule has 1 aliphatic rings. The summed E-state index contributed by atoms with van der Waals surface area (Å²) in [5, 5.41) is 9.22. The van der Waals surface area contributed by atoms with Crippen molar-refractivity contribution in [2.75, 3.05) is 20.2 Å². The number of benzene rings is 1. The Hall–Kier alpha value is -2.41. The molecule has 1 aromatic carbocycles. The van der Waals surface area contributed by atoms with Crippen LogP contribution in [0.15, 0.2) is 24.3 Å². The van der Waals surface area contributed by atoms with Crippen LogP contribution in [-0.2, 0) is 9.53 Å². The molecule has 1 amide bonds. The Bertz CT molecular complexity index is 797. The van der Waals surface area contributed by atoms with Gasteiger partial charge in [0.2, 0.25) is 0 Å². The van der Waals surface area contributed by atoms with E-state index in [0.717, 1.165) is 0 Å². The molecule has 7 nitrogen and oxygen atoms in total. The molecule has 8 heteroatoms. The quantitative estimate of drug-likeness (QED) is 0.783. The molecule has 1 aromatic heterocycles. The number of carbonyl (C=O) groups excluding carboxylic acids is 2. The third-order valence-electron chi connectivity index (χ3n) is 4.34. The molecule has 132 valence electrons. The predicted octanol–water partition coefficient (Wildman–Crippen LogP) is 2.25. The lowest BCUT2D eigenvalue weighted by Gasteiger charge is -2.30. The van der Waals surface area contributed by atoms with Crippen LogP contribution in [0.4, 0.5) is 0 Å². The van der Waals surface area contributed by atoms with Crippen LogP contribution in [0.5, 0.6) is 0 Å². The predicted molar refractivity (Wildman–Crippen MR) is 91.7 cm³/mol. The maximum absolute atomic E-state index is 12.7. The van der Waals surface area contributed by atoms with Crippen molar-refractivity contribution >= 4 is 23.5 Å². The van der Waals surface area contributed by atoms with Gasteiger partial charge in [0, 0.05) is 18.1 Å². The molecular weight excluding hydrogens is 344 g/mol. The van der Waals surface area contributed by atoms with Crippen molar-refractivity contribution in [1.29, 1.82) is 0 Å². The van der Waals surface area contributed by atoms with Crippen molar-refractivity contribution in [2.24, 2.45) is 5.92 Å². The number of amides is 1. The molecule has 0 aliphatic carbocycles. The minimum Gasteiger partial charge on any atom is -0.469 e. The first-order valence-electron chi connectivity index (χ1n) is 8.06. The van der Waals surface area contributed by atoms with Gasteiger partial charge in [-0.1, -0.05) is 17.7 Å². The second-order valence-corrected chi connectivity index (χ2v) is 6.43. The van der Waals surface area contributed by atoms with E-state index < -0.39 is 0 Å². The largest absolute Gasteiger partial charge is 0.469 e. The maximum Gasteiger partial charge on any atom is 0.308 e. The third kappa shape index (κ3) is 3.66. The van der Waals surface area contributed by atoms with Gasteiger partial charge in [0.15, 0.2) is 5.69 Å². The summed E-state index contributed by atoms with van der Waals surface area (Å²) in [6.07, 6.45) is 1.19. The molecule has 0 radical (unpaired) electrons. The minimum atomic E-state index is -0.213. The number of halogens is 1. The van der Waals surface area contributed by atoms with Gasteiger partial charge in [-0.05, 0) is 38.0 Å². The zero-order valence-corrected chi connectivity index (χ0v) is 14.9. The van der Waals surface area contributed by atoms with Crippen LogP contribution in [0.1, 0.15) is 29.0 Å². The molecule has 2 aromatic rings. The fraction of sp³-hybridized carbons (Fsp3) is 0.412. The molecule has 0 saturated carbocycles. The summed E-state index contributed by atoms with van der Waals surface area (Å²) in [6, 6.07) is 7.12. The van der Waals surface area contributed by atoms with Crippen LogP contribution >= 0.6 is 11.6 Å². The van der Waals surface area contributed by atoms with Gasteiger partial charge in [0.25, 0.3) is 5.91 Å². The summed E-state index contributed by atoms with van der Waals surface area (Å²) in [5.41, 5.74) is 1.57. The summed E-state index contributed by atoms with van der Waals surface area (Å²) >= 11 is 5.99. The molecule has 3 rings (SSSR count). The summed E-state index contributed by atoms with van der Waals surface area (Å²) in [5.74, 6) is -0.526. The lowest BCUT2D eigenvalue weighted by molar-refractivity contribution is -0.146. The van der Waals surface area contributed by atoms with Gasteiger partial charge in [-0.2, -0.15) is 9.90 Å². The third-order valence-corrected chi connectivity index (χ3v) is 4.58. The molecule has 0 bridgehead atoms. The van der Waals surface area contributed by atoms with E-state index in [1.54, 1.807) is 30.0 Å². The van der Waals surface area contributed by atoms with Gasteiger partial charge >= 0.3 is 5.97 Å². The van der Waals surface area contributed by atoms with E-state index >= 15 is 0 Å². The number of hydrogen-bond acceptors (Lipinski definition) is 5. The molecule has 0 spiro atoms. The fourth-order valence-corrected chi connectivity index (χ4v) is 3.11. The van der Waals surface area contributed by atoms with E-state index in [2.05, 4.69) is 10.2 Å². The molecule has 2 heterocycles. The Morgan fingerprint density at radius 3 is 2.60 bits per heavy atom. The van der Waals surface area contributed by atoms with Crippen LogP contribution in [0.3, 0.4) is 0 Å². The SMILES string of the molecule is COC(=O)C1CCN(C(=O)c2nn(-c3cccc(Cl)c3)nc2C)CC1. The van der Waals surface area contributed by atoms with E-state index in [-0.39, 0.29) is 17.8 Å². The van der Waals surface area contributed by atoms with Gasteiger partial charge < -0.3 is 9.64 Å². The van der Waals surface area contributed by atoms with E-state index in [1.807, 2.05) is 6.07 Å². The number of likely N-dealkylation sites (tertiary alicyclic amines) is 1. The van der Waals surface area contributed by atoms with Crippen molar-refractivity contribution in [2.45, 2.75) is 19.8 Å². The zero-order valence-electron chi connectivity index (χ0n) is 14.1. The summed E-state index contributed by atoms with van der Waals surface area (Å²) in [6.45, 7) is 2.76. The molecule has 0 N–H and O–H groups in total.